The third-order valence-corrected chi connectivity index (χ3v) is 6.59. The molecule has 7 nitrogen and oxygen atoms in total. The van der Waals surface area contributed by atoms with E-state index >= 15 is 0 Å². The lowest BCUT2D eigenvalue weighted by Gasteiger charge is -2.32. The number of sulfonamides is 1. The summed E-state index contributed by atoms with van der Waals surface area (Å²) in [5, 5.41) is 3.11. The van der Waals surface area contributed by atoms with Gasteiger partial charge in [0.2, 0.25) is 21.8 Å². The van der Waals surface area contributed by atoms with Crippen molar-refractivity contribution < 1.29 is 26.8 Å². The Hall–Kier alpha value is -2.43. The maximum atomic E-state index is 13.8. The lowest BCUT2D eigenvalue weighted by molar-refractivity contribution is -0.140. The molecule has 1 N–H and O–H groups in total. The van der Waals surface area contributed by atoms with Crippen molar-refractivity contribution in [2.24, 2.45) is 0 Å². The third-order valence-electron chi connectivity index (χ3n) is 4.86. The van der Waals surface area contributed by atoms with Crippen molar-refractivity contribution >= 4 is 50.7 Å². The Kier molecular flexibility index (Phi) is 9.04. The first-order chi connectivity index (χ1) is 15.4. The van der Waals surface area contributed by atoms with Crippen LogP contribution in [0.2, 0.25) is 10.0 Å². The molecule has 0 radical (unpaired) electrons. The Morgan fingerprint density at radius 3 is 2.27 bits per heavy atom. The van der Waals surface area contributed by atoms with Gasteiger partial charge in [-0.15, -0.1) is 0 Å². The summed E-state index contributed by atoms with van der Waals surface area (Å²) in [4.78, 5) is 27.0. The molecule has 2 aromatic carbocycles. The number of likely N-dealkylation sites (N-methyl/N-ethyl adjacent to an activating group) is 1. The van der Waals surface area contributed by atoms with Crippen LogP contribution in [-0.4, -0.2) is 51.0 Å². The predicted octanol–water partition coefficient (Wildman–Crippen LogP) is 3.59. The Balaban J connectivity index is 2.48. The van der Waals surface area contributed by atoms with E-state index in [1.54, 1.807) is 19.1 Å². The number of nitrogens with zero attached hydrogens (tertiary/aromatic N) is 2. The lowest BCUT2D eigenvalue weighted by atomic mass is 10.1. The van der Waals surface area contributed by atoms with Gasteiger partial charge in [-0.25, -0.2) is 17.2 Å². The van der Waals surface area contributed by atoms with Crippen LogP contribution in [0, 0.1) is 11.6 Å². The zero-order valence-electron chi connectivity index (χ0n) is 18.1. The summed E-state index contributed by atoms with van der Waals surface area (Å²) in [7, 11) is -2.66. The number of hydrogen-bond donors (Lipinski definition) is 1. The topological polar surface area (TPSA) is 86.8 Å². The van der Waals surface area contributed by atoms with Crippen molar-refractivity contribution in [3.05, 3.63) is 63.6 Å². The van der Waals surface area contributed by atoms with Gasteiger partial charge in [-0.05, 0) is 36.2 Å². The van der Waals surface area contributed by atoms with Gasteiger partial charge in [-0.3, -0.25) is 13.9 Å². The average Bonchev–Trinajstić information content (AvgIpc) is 2.74. The van der Waals surface area contributed by atoms with Crippen molar-refractivity contribution in [3.8, 4) is 0 Å². The van der Waals surface area contributed by atoms with Crippen LogP contribution in [0.5, 0.6) is 0 Å². The van der Waals surface area contributed by atoms with Gasteiger partial charge < -0.3 is 10.2 Å². The zero-order valence-corrected chi connectivity index (χ0v) is 20.4. The number of hydrogen-bond acceptors (Lipinski definition) is 4. The van der Waals surface area contributed by atoms with Gasteiger partial charge in [-0.1, -0.05) is 36.2 Å². The summed E-state index contributed by atoms with van der Waals surface area (Å²) in [6.45, 7) is 0.825. The summed E-state index contributed by atoms with van der Waals surface area (Å²) in [5.41, 5.74) is 0.248. The van der Waals surface area contributed by atoms with Gasteiger partial charge in [0.25, 0.3) is 0 Å². The molecule has 0 aliphatic heterocycles. The first kappa shape index (κ1) is 26.8. The molecular formula is C21H23Cl2F2N3O4S. The van der Waals surface area contributed by atoms with Crippen molar-refractivity contribution in [2.75, 3.05) is 24.2 Å². The molecule has 1 unspecified atom stereocenters. The summed E-state index contributed by atoms with van der Waals surface area (Å²) in [6.07, 6.45) is 1.05. The fraction of sp³-hybridized carbons (Fsp3) is 0.333. The van der Waals surface area contributed by atoms with E-state index in [0.717, 1.165) is 18.4 Å². The smallest absolute Gasteiger partial charge is 0.244 e. The normalized spacial score (nSPS) is 12.2. The molecule has 0 aliphatic carbocycles. The fourth-order valence-electron chi connectivity index (χ4n) is 3.17. The van der Waals surface area contributed by atoms with Crippen molar-refractivity contribution in [3.63, 3.8) is 0 Å². The minimum atomic E-state index is -4.07. The highest BCUT2D eigenvalue weighted by atomic mass is 35.5. The summed E-state index contributed by atoms with van der Waals surface area (Å²) in [6, 6.07) is 6.18. The van der Waals surface area contributed by atoms with E-state index in [0.29, 0.717) is 21.0 Å². The number of nitrogens with one attached hydrogen (secondary N) is 1. The maximum absolute atomic E-state index is 13.8. The molecule has 2 amide bonds. The minimum absolute atomic E-state index is 0.115. The molecule has 12 heteroatoms. The Morgan fingerprint density at radius 1 is 1.09 bits per heavy atom. The Bertz CT molecular complexity index is 1150. The van der Waals surface area contributed by atoms with Crippen LogP contribution >= 0.6 is 23.2 Å². The summed E-state index contributed by atoms with van der Waals surface area (Å²) in [5.74, 6) is -3.64. The number of amides is 2. The molecular weight excluding hydrogens is 499 g/mol. The fourth-order valence-corrected chi connectivity index (χ4v) is 4.48. The van der Waals surface area contributed by atoms with E-state index in [9.17, 15) is 26.8 Å². The average molecular weight is 522 g/mol. The van der Waals surface area contributed by atoms with Crippen LogP contribution < -0.4 is 9.62 Å². The Morgan fingerprint density at radius 2 is 1.76 bits per heavy atom. The number of carbonyl (C=O) groups excluding carboxylic acids is 2. The molecule has 0 fully saturated rings. The lowest BCUT2D eigenvalue weighted by Crippen LogP contribution is -2.51. The molecule has 0 saturated carbocycles. The first-order valence-corrected chi connectivity index (χ1v) is 12.4. The predicted molar refractivity (Wildman–Crippen MR) is 124 cm³/mol. The molecule has 180 valence electrons. The van der Waals surface area contributed by atoms with E-state index in [4.69, 9.17) is 23.2 Å². The zero-order chi connectivity index (χ0) is 24.9. The standard InChI is InChI=1S/C21H23Cl2F2N3O4S/c1-4-19(21(30)26-2)27(11-13-5-6-14(22)9-16(13)23)20(29)12-28(33(3,31)32)15-7-8-17(24)18(25)10-15/h5-10,19H,4,11-12H2,1-3H3,(H,26,30). The molecule has 0 heterocycles. The van der Waals surface area contributed by atoms with Gasteiger partial charge in [0.05, 0.1) is 11.9 Å². The summed E-state index contributed by atoms with van der Waals surface area (Å²) >= 11 is 12.2. The molecule has 0 spiro atoms. The minimum Gasteiger partial charge on any atom is -0.357 e. The van der Waals surface area contributed by atoms with Crippen LogP contribution in [0.3, 0.4) is 0 Å². The maximum Gasteiger partial charge on any atom is 0.244 e. The second-order valence-electron chi connectivity index (χ2n) is 7.16. The van der Waals surface area contributed by atoms with Gasteiger partial charge in [0.1, 0.15) is 12.6 Å². The van der Waals surface area contributed by atoms with Crippen LogP contribution in [0.25, 0.3) is 0 Å². The number of carbonyl (C=O) groups is 2. The van der Waals surface area contributed by atoms with E-state index in [1.807, 2.05) is 0 Å². The molecule has 33 heavy (non-hydrogen) atoms. The highest BCUT2D eigenvalue weighted by Gasteiger charge is 2.32. The van der Waals surface area contributed by atoms with Gasteiger partial charge in [0.15, 0.2) is 11.6 Å². The van der Waals surface area contributed by atoms with E-state index < -0.39 is 46.1 Å². The molecule has 0 bridgehead atoms. The second kappa shape index (κ2) is 11.1. The molecule has 0 aromatic heterocycles. The van der Waals surface area contributed by atoms with Crippen LogP contribution in [-0.2, 0) is 26.2 Å². The van der Waals surface area contributed by atoms with E-state index in [-0.39, 0.29) is 23.7 Å². The quantitative estimate of drug-likeness (QED) is 0.546. The SMILES string of the molecule is CCC(C(=O)NC)N(Cc1ccc(Cl)cc1Cl)C(=O)CN(c1ccc(F)c(F)c1)S(C)(=O)=O. The third kappa shape index (κ3) is 6.78. The van der Waals surface area contributed by atoms with Crippen molar-refractivity contribution in [1.29, 1.82) is 0 Å². The highest BCUT2D eigenvalue weighted by Crippen LogP contribution is 2.25. The number of benzene rings is 2. The summed E-state index contributed by atoms with van der Waals surface area (Å²) < 4.78 is 52.5. The van der Waals surface area contributed by atoms with Crippen molar-refractivity contribution in [1.82, 2.24) is 10.2 Å². The van der Waals surface area contributed by atoms with Crippen LogP contribution in [0.1, 0.15) is 18.9 Å². The van der Waals surface area contributed by atoms with Crippen LogP contribution in [0.4, 0.5) is 14.5 Å². The van der Waals surface area contributed by atoms with Gasteiger partial charge in [0, 0.05) is 29.7 Å². The van der Waals surface area contributed by atoms with Crippen LogP contribution in [0.15, 0.2) is 36.4 Å². The monoisotopic (exact) mass is 521 g/mol. The number of rotatable bonds is 9. The second-order valence-corrected chi connectivity index (χ2v) is 9.91. The molecule has 2 aromatic rings. The Labute approximate surface area is 201 Å². The number of halogens is 4. The highest BCUT2D eigenvalue weighted by molar-refractivity contribution is 7.92. The first-order valence-electron chi connectivity index (χ1n) is 9.76. The van der Waals surface area contributed by atoms with Gasteiger partial charge in [-0.2, -0.15) is 0 Å². The number of anilines is 1. The molecule has 2 rings (SSSR count). The molecule has 0 aliphatic rings. The molecule has 1 atom stereocenters. The van der Waals surface area contributed by atoms with Gasteiger partial charge >= 0.3 is 0 Å². The van der Waals surface area contributed by atoms with Crippen molar-refractivity contribution in [2.45, 2.75) is 25.9 Å². The van der Waals surface area contributed by atoms with E-state index in [1.165, 1.54) is 18.0 Å². The largest absolute Gasteiger partial charge is 0.357 e. The molecule has 0 saturated heterocycles. The van der Waals surface area contributed by atoms with E-state index in [2.05, 4.69) is 5.32 Å².